The van der Waals surface area contributed by atoms with E-state index in [1.807, 2.05) is 6.08 Å². The van der Waals surface area contributed by atoms with Crippen LogP contribution >= 0.6 is 17.2 Å². The number of rotatable bonds is 14. The van der Waals surface area contributed by atoms with Crippen molar-refractivity contribution in [3.63, 3.8) is 0 Å². The second kappa shape index (κ2) is 11.4. The number of unbranched alkanes of at least 4 members (excludes halogenated alkanes) is 3. The summed E-state index contributed by atoms with van der Waals surface area (Å²) in [6.45, 7) is 10.8. The van der Waals surface area contributed by atoms with Gasteiger partial charge in [-0.25, -0.2) is 0 Å². The second-order valence-electron chi connectivity index (χ2n) is 7.82. The molecule has 0 spiro atoms. The zero-order valence-corrected chi connectivity index (χ0v) is 18.6. The van der Waals surface area contributed by atoms with E-state index in [0.29, 0.717) is 0 Å². The predicted octanol–water partition coefficient (Wildman–Crippen LogP) is 8.37. The molecule has 0 bridgehead atoms. The van der Waals surface area contributed by atoms with Crippen LogP contribution in [0.4, 0.5) is 0 Å². The van der Waals surface area contributed by atoms with Crippen LogP contribution in [0.5, 0.6) is 0 Å². The van der Waals surface area contributed by atoms with Gasteiger partial charge in [0.25, 0.3) is 0 Å². The van der Waals surface area contributed by atoms with Gasteiger partial charge in [-0.05, 0) is 0 Å². The molecule has 0 N–H and O–H groups in total. The average molecular weight is 383 g/mol. The molecule has 0 nitrogen and oxygen atoms in total. The summed E-state index contributed by atoms with van der Waals surface area (Å²) in [5.41, 5.74) is 2.64. The van der Waals surface area contributed by atoms with Crippen LogP contribution in [0.1, 0.15) is 76.8 Å². The van der Waals surface area contributed by atoms with E-state index in [2.05, 4.69) is 51.6 Å². The number of halogens is 1. The van der Waals surface area contributed by atoms with E-state index < -0.39 is 5.96 Å². The van der Waals surface area contributed by atoms with E-state index in [9.17, 15) is 0 Å². The standard InChI is InChI=1S/C23H40ClP/c1-5-9-18-25(24,19-10-6-2,20-11-7-3)21-12-13-23-16-14-22(8-4)15-17-23/h8,14-17H,4-7,9-13,18-21H2,1-3H3. The summed E-state index contributed by atoms with van der Waals surface area (Å²) in [6, 6.07) is 8.86. The van der Waals surface area contributed by atoms with Crippen molar-refractivity contribution in [2.24, 2.45) is 0 Å². The van der Waals surface area contributed by atoms with Crippen LogP contribution in [0.3, 0.4) is 0 Å². The summed E-state index contributed by atoms with van der Waals surface area (Å²) in [5.74, 6) is -2.06. The molecular formula is C23H40ClP. The van der Waals surface area contributed by atoms with Crippen LogP contribution in [0.2, 0.25) is 0 Å². The zero-order chi connectivity index (χ0) is 18.6. The van der Waals surface area contributed by atoms with Gasteiger partial charge < -0.3 is 0 Å². The Morgan fingerprint density at radius 3 is 1.64 bits per heavy atom. The van der Waals surface area contributed by atoms with Crippen LogP contribution in [0, 0.1) is 0 Å². The Hall–Kier alpha value is -0.320. The van der Waals surface area contributed by atoms with E-state index >= 15 is 0 Å². The van der Waals surface area contributed by atoms with Crippen LogP contribution in [0.15, 0.2) is 30.8 Å². The Bertz CT molecular complexity index is 467. The molecule has 0 heterocycles. The van der Waals surface area contributed by atoms with Gasteiger partial charge in [-0.1, -0.05) is 0 Å². The summed E-state index contributed by atoms with van der Waals surface area (Å²) < 4.78 is 0. The SMILES string of the molecule is C=Cc1ccc(CCCP(Cl)(CCCC)(CCCC)CCCC)cc1. The first kappa shape index (κ1) is 22.7. The molecule has 0 fully saturated rings. The van der Waals surface area contributed by atoms with Crippen LogP contribution in [-0.2, 0) is 6.42 Å². The molecule has 1 aromatic rings. The Morgan fingerprint density at radius 2 is 1.24 bits per heavy atom. The molecule has 0 saturated carbocycles. The Labute approximate surface area is 162 Å². The first-order chi connectivity index (χ1) is 12.0. The first-order valence-corrected chi connectivity index (χ1v) is 14.3. The Kier molecular flexibility index (Phi) is 10.4. The molecular weight excluding hydrogens is 343 g/mol. The third kappa shape index (κ3) is 7.84. The number of aryl methyl sites for hydroxylation is 1. The monoisotopic (exact) mass is 382 g/mol. The minimum atomic E-state index is -2.06. The molecule has 0 amide bonds. The maximum absolute atomic E-state index is 7.67. The molecule has 0 aliphatic heterocycles. The minimum absolute atomic E-state index is 1.16. The molecule has 25 heavy (non-hydrogen) atoms. The van der Waals surface area contributed by atoms with Crippen LogP contribution in [0.25, 0.3) is 6.08 Å². The van der Waals surface area contributed by atoms with Gasteiger partial charge in [0.2, 0.25) is 0 Å². The molecule has 1 rings (SSSR count). The molecule has 0 aliphatic rings. The van der Waals surface area contributed by atoms with Gasteiger partial charge in [-0.3, -0.25) is 0 Å². The zero-order valence-electron chi connectivity index (χ0n) is 16.9. The molecule has 0 unspecified atom stereocenters. The molecule has 2 heteroatoms. The van der Waals surface area contributed by atoms with Crippen molar-refractivity contribution < 1.29 is 0 Å². The predicted molar refractivity (Wildman–Crippen MR) is 122 cm³/mol. The summed E-state index contributed by atoms with van der Waals surface area (Å²) in [6.07, 6.45) is 17.2. The van der Waals surface area contributed by atoms with Gasteiger partial charge in [0, 0.05) is 0 Å². The van der Waals surface area contributed by atoms with Gasteiger partial charge in [0.15, 0.2) is 0 Å². The fourth-order valence-corrected chi connectivity index (χ4v) is 10.9. The van der Waals surface area contributed by atoms with Crippen molar-refractivity contribution in [1.29, 1.82) is 0 Å². The molecule has 0 atom stereocenters. The second-order valence-corrected chi connectivity index (χ2v) is 16.1. The summed E-state index contributed by atoms with van der Waals surface area (Å²) in [7, 11) is 0. The summed E-state index contributed by atoms with van der Waals surface area (Å²) in [5, 5.41) is 0. The normalized spacial score (nSPS) is 13.4. The van der Waals surface area contributed by atoms with Crippen molar-refractivity contribution in [2.75, 3.05) is 24.6 Å². The fraction of sp³-hybridized carbons (Fsp3) is 0.652. The third-order valence-electron chi connectivity index (χ3n) is 5.61. The van der Waals surface area contributed by atoms with E-state index in [1.165, 1.54) is 80.7 Å². The summed E-state index contributed by atoms with van der Waals surface area (Å²) in [4.78, 5) is 0. The molecule has 0 aliphatic carbocycles. The van der Waals surface area contributed by atoms with Crippen molar-refractivity contribution >= 4 is 23.3 Å². The van der Waals surface area contributed by atoms with Crippen molar-refractivity contribution in [3.05, 3.63) is 42.0 Å². The Balaban J connectivity index is 2.79. The number of hydrogen-bond donors (Lipinski definition) is 0. The van der Waals surface area contributed by atoms with E-state index in [1.54, 1.807) is 0 Å². The fourth-order valence-electron chi connectivity index (χ4n) is 3.83. The van der Waals surface area contributed by atoms with E-state index in [0.717, 1.165) is 6.42 Å². The molecule has 144 valence electrons. The van der Waals surface area contributed by atoms with Crippen LogP contribution in [-0.4, -0.2) is 24.6 Å². The number of benzene rings is 1. The van der Waals surface area contributed by atoms with Crippen molar-refractivity contribution in [2.45, 2.75) is 72.1 Å². The summed E-state index contributed by atoms with van der Waals surface area (Å²) >= 11 is 7.67. The van der Waals surface area contributed by atoms with Crippen molar-refractivity contribution in [1.82, 2.24) is 0 Å². The van der Waals surface area contributed by atoms with Gasteiger partial charge >= 0.3 is 162 Å². The van der Waals surface area contributed by atoms with E-state index in [-0.39, 0.29) is 0 Å². The average Bonchev–Trinajstić information content (AvgIpc) is 2.64. The molecule has 1 aromatic carbocycles. The quantitative estimate of drug-likeness (QED) is 0.283. The van der Waals surface area contributed by atoms with Gasteiger partial charge in [0.05, 0.1) is 0 Å². The van der Waals surface area contributed by atoms with Gasteiger partial charge in [-0.2, -0.15) is 0 Å². The van der Waals surface area contributed by atoms with Gasteiger partial charge in [0.1, 0.15) is 0 Å². The van der Waals surface area contributed by atoms with Crippen LogP contribution < -0.4 is 0 Å². The topological polar surface area (TPSA) is 0 Å². The van der Waals surface area contributed by atoms with Gasteiger partial charge in [-0.15, -0.1) is 0 Å². The molecule has 0 radical (unpaired) electrons. The maximum atomic E-state index is 7.67. The molecule has 0 saturated heterocycles. The molecule has 0 aromatic heterocycles. The Morgan fingerprint density at radius 1 is 0.800 bits per heavy atom. The van der Waals surface area contributed by atoms with Crippen molar-refractivity contribution in [3.8, 4) is 0 Å². The number of hydrogen-bond acceptors (Lipinski definition) is 0. The third-order valence-corrected chi connectivity index (χ3v) is 13.4. The van der Waals surface area contributed by atoms with E-state index in [4.69, 9.17) is 11.2 Å². The first-order valence-electron chi connectivity index (χ1n) is 10.4.